The topological polar surface area (TPSA) is 95.0 Å². The van der Waals surface area contributed by atoms with Crippen molar-refractivity contribution in [2.24, 2.45) is 11.3 Å². The van der Waals surface area contributed by atoms with E-state index in [4.69, 9.17) is 0 Å². The minimum atomic E-state index is -3.63. The van der Waals surface area contributed by atoms with Gasteiger partial charge in [-0.05, 0) is 49.0 Å². The number of carbonyl (C=O) groups is 2. The van der Waals surface area contributed by atoms with Crippen LogP contribution in [0.25, 0.3) is 0 Å². The van der Waals surface area contributed by atoms with E-state index < -0.39 is 22.0 Å². The summed E-state index contributed by atoms with van der Waals surface area (Å²) >= 11 is 1.17. The Labute approximate surface area is 156 Å². The Morgan fingerprint density at radius 1 is 1.23 bits per heavy atom. The molecular weight excluding hydrogens is 376 g/mol. The molecule has 0 bridgehead atoms. The zero-order chi connectivity index (χ0) is 18.5. The molecule has 1 aliphatic carbocycles. The first-order chi connectivity index (χ1) is 12.3. The number of amides is 1. The van der Waals surface area contributed by atoms with Crippen molar-refractivity contribution in [2.75, 3.05) is 19.6 Å². The SMILES string of the molecule is O=C(O)C1CC12CCN(C(=O)C1CCCN1S(=O)(=O)c1cccs1)CC2. The van der Waals surface area contributed by atoms with Gasteiger partial charge in [0.15, 0.2) is 0 Å². The summed E-state index contributed by atoms with van der Waals surface area (Å²) in [6, 6.07) is 2.64. The summed E-state index contributed by atoms with van der Waals surface area (Å²) in [4.78, 5) is 25.9. The maximum Gasteiger partial charge on any atom is 0.307 e. The number of piperidine rings is 1. The maximum atomic E-state index is 13.0. The molecule has 3 aliphatic rings. The highest BCUT2D eigenvalue weighted by Crippen LogP contribution is 2.59. The number of sulfonamides is 1. The quantitative estimate of drug-likeness (QED) is 0.831. The third-order valence-electron chi connectivity index (χ3n) is 6.11. The van der Waals surface area contributed by atoms with Gasteiger partial charge in [-0.25, -0.2) is 8.42 Å². The fourth-order valence-electron chi connectivity index (χ4n) is 4.43. The van der Waals surface area contributed by atoms with Gasteiger partial charge in [0.05, 0.1) is 5.92 Å². The lowest BCUT2D eigenvalue weighted by atomic mass is 9.90. The highest BCUT2D eigenvalue weighted by Gasteiger charge is 2.59. The van der Waals surface area contributed by atoms with Crippen molar-refractivity contribution in [1.29, 1.82) is 0 Å². The highest BCUT2D eigenvalue weighted by atomic mass is 32.2. The fraction of sp³-hybridized carbons (Fsp3) is 0.647. The van der Waals surface area contributed by atoms with Crippen molar-refractivity contribution in [3.63, 3.8) is 0 Å². The second-order valence-electron chi connectivity index (χ2n) is 7.49. The molecule has 9 heteroatoms. The number of nitrogens with zero attached hydrogens (tertiary/aromatic N) is 2. The maximum absolute atomic E-state index is 13.0. The largest absolute Gasteiger partial charge is 0.481 e. The standard InChI is InChI=1S/C17H22N2O5S2/c20-15(18-8-5-17(6-9-18)11-12(17)16(21)22)13-3-1-7-19(13)26(23,24)14-4-2-10-25-14/h2,4,10,12-13H,1,3,5-9,11H2,(H,21,22). The molecule has 1 N–H and O–H groups in total. The Hall–Kier alpha value is -1.45. The molecule has 26 heavy (non-hydrogen) atoms. The first-order valence-corrected chi connectivity index (χ1v) is 11.2. The van der Waals surface area contributed by atoms with E-state index in [-0.39, 0.29) is 21.4 Å². The molecule has 3 fully saturated rings. The molecule has 3 heterocycles. The minimum Gasteiger partial charge on any atom is -0.481 e. The fourth-order valence-corrected chi connectivity index (χ4v) is 7.20. The van der Waals surface area contributed by atoms with Gasteiger partial charge < -0.3 is 10.0 Å². The normalized spacial score (nSPS) is 28.4. The number of rotatable bonds is 4. The number of hydrogen-bond donors (Lipinski definition) is 1. The minimum absolute atomic E-state index is 0.134. The predicted octanol–water partition coefficient (Wildman–Crippen LogP) is 1.61. The molecule has 1 spiro atoms. The van der Waals surface area contributed by atoms with Crippen LogP contribution in [0.2, 0.25) is 0 Å². The summed E-state index contributed by atoms with van der Waals surface area (Å²) in [7, 11) is -3.63. The van der Waals surface area contributed by atoms with Crippen LogP contribution in [-0.4, -0.2) is 60.3 Å². The second kappa shape index (κ2) is 6.31. The molecule has 2 aliphatic heterocycles. The molecule has 1 aromatic heterocycles. The van der Waals surface area contributed by atoms with Crippen LogP contribution >= 0.6 is 11.3 Å². The van der Waals surface area contributed by atoms with Gasteiger partial charge in [-0.1, -0.05) is 6.07 Å². The van der Waals surface area contributed by atoms with Crippen molar-refractivity contribution in [3.8, 4) is 0 Å². The van der Waals surface area contributed by atoms with E-state index in [1.165, 1.54) is 15.6 Å². The summed E-state index contributed by atoms with van der Waals surface area (Å²) in [5.74, 6) is -1.15. The summed E-state index contributed by atoms with van der Waals surface area (Å²) in [5, 5.41) is 10.9. The Balaban J connectivity index is 1.44. The summed E-state index contributed by atoms with van der Waals surface area (Å²) < 4.78 is 27.3. The van der Waals surface area contributed by atoms with Crippen LogP contribution in [0, 0.1) is 11.3 Å². The van der Waals surface area contributed by atoms with Crippen LogP contribution in [0.3, 0.4) is 0 Å². The molecule has 142 valence electrons. The first-order valence-electron chi connectivity index (χ1n) is 8.92. The second-order valence-corrected chi connectivity index (χ2v) is 10.6. The molecule has 1 amide bonds. The third-order valence-corrected chi connectivity index (χ3v) is 9.39. The van der Waals surface area contributed by atoms with Crippen molar-refractivity contribution in [2.45, 2.75) is 42.4 Å². The Bertz CT molecular complexity index is 812. The van der Waals surface area contributed by atoms with E-state index >= 15 is 0 Å². The lowest BCUT2D eigenvalue weighted by molar-refractivity contribution is -0.140. The number of aliphatic carboxylic acids is 1. The molecule has 4 rings (SSSR count). The van der Waals surface area contributed by atoms with Gasteiger partial charge in [0, 0.05) is 19.6 Å². The molecule has 0 radical (unpaired) electrons. The zero-order valence-corrected chi connectivity index (χ0v) is 16.0. The van der Waals surface area contributed by atoms with E-state index in [1.54, 1.807) is 22.4 Å². The van der Waals surface area contributed by atoms with Gasteiger partial charge in [0.2, 0.25) is 5.91 Å². The van der Waals surface area contributed by atoms with Crippen LogP contribution in [0.4, 0.5) is 0 Å². The number of likely N-dealkylation sites (tertiary alicyclic amines) is 1. The predicted molar refractivity (Wildman–Crippen MR) is 95.2 cm³/mol. The van der Waals surface area contributed by atoms with Crippen LogP contribution in [0.5, 0.6) is 0 Å². The van der Waals surface area contributed by atoms with Crippen LogP contribution < -0.4 is 0 Å². The average molecular weight is 399 g/mol. The van der Waals surface area contributed by atoms with E-state index in [2.05, 4.69) is 0 Å². The average Bonchev–Trinajstić information content (AvgIpc) is 3.07. The van der Waals surface area contributed by atoms with Gasteiger partial charge in [0.25, 0.3) is 10.0 Å². The van der Waals surface area contributed by atoms with E-state index in [1.807, 2.05) is 0 Å². The van der Waals surface area contributed by atoms with E-state index in [9.17, 15) is 23.1 Å². The molecular formula is C17H22N2O5S2. The van der Waals surface area contributed by atoms with E-state index in [0.717, 1.165) is 0 Å². The van der Waals surface area contributed by atoms with Gasteiger partial charge in [-0.2, -0.15) is 4.31 Å². The van der Waals surface area contributed by atoms with Crippen molar-refractivity contribution in [1.82, 2.24) is 9.21 Å². The molecule has 2 unspecified atom stereocenters. The molecule has 7 nitrogen and oxygen atoms in total. The first kappa shape index (κ1) is 17.9. The number of carbonyl (C=O) groups excluding carboxylic acids is 1. The Morgan fingerprint density at radius 2 is 1.96 bits per heavy atom. The van der Waals surface area contributed by atoms with E-state index in [0.29, 0.717) is 51.7 Å². The Morgan fingerprint density at radius 3 is 2.54 bits per heavy atom. The number of thiophene rings is 1. The lowest BCUT2D eigenvalue weighted by Gasteiger charge is -2.35. The third kappa shape index (κ3) is 2.86. The molecule has 0 aromatic carbocycles. The smallest absolute Gasteiger partial charge is 0.307 e. The van der Waals surface area contributed by atoms with Gasteiger partial charge >= 0.3 is 5.97 Å². The van der Waals surface area contributed by atoms with Crippen molar-refractivity contribution < 1.29 is 23.1 Å². The van der Waals surface area contributed by atoms with Crippen LogP contribution in [-0.2, 0) is 19.6 Å². The van der Waals surface area contributed by atoms with Gasteiger partial charge in [-0.15, -0.1) is 11.3 Å². The zero-order valence-electron chi connectivity index (χ0n) is 14.3. The molecule has 1 aromatic rings. The summed E-state index contributed by atoms with van der Waals surface area (Å²) in [6.45, 7) is 1.41. The van der Waals surface area contributed by atoms with Gasteiger partial charge in [-0.3, -0.25) is 9.59 Å². The Kier molecular flexibility index (Phi) is 4.36. The highest BCUT2D eigenvalue weighted by molar-refractivity contribution is 7.91. The van der Waals surface area contributed by atoms with Crippen LogP contribution in [0.15, 0.2) is 21.7 Å². The number of carboxylic acids is 1. The van der Waals surface area contributed by atoms with Crippen molar-refractivity contribution >= 4 is 33.2 Å². The summed E-state index contributed by atoms with van der Waals surface area (Å²) in [6.07, 6.45) is 3.32. The van der Waals surface area contributed by atoms with Crippen molar-refractivity contribution in [3.05, 3.63) is 17.5 Å². The lowest BCUT2D eigenvalue weighted by Crippen LogP contribution is -2.50. The molecule has 2 atom stereocenters. The molecule has 2 saturated heterocycles. The molecule has 1 saturated carbocycles. The number of hydrogen-bond acceptors (Lipinski definition) is 5. The summed E-state index contributed by atoms with van der Waals surface area (Å²) in [5.41, 5.74) is -0.138. The monoisotopic (exact) mass is 398 g/mol. The van der Waals surface area contributed by atoms with Gasteiger partial charge in [0.1, 0.15) is 10.3 Å². The number of carboxylic acid groups (broad SMARTS) is 1. The van der Waals surface area contributed by atoms with Crippen LogP contribution in [0.1, 0.15) is 32.1 Å².